The maximum absolute atomic E-state index is 12.0. The van der Waals surface area contributed by atoms with Gasteiger partial charge in [0.05, 0.1) is 38.8 Å². The van der Waals surface area contributed by atoms with Crippen LogP contribution in [0.5, 0.6) is 0 Å². The van der Waals surface area contributed by atoms with Crippen LogP contribution in [-0.4, -0.2) is 35.2 Å². The molecule has 0 saturated carbocycles. The molecule has 0 atom stereocenters. The van der Waals surface area contributed by atoms with Crippen molar-refractivity contribution in [1.82, 2.24) is 24.1 Å². The van der Waals surface area contributed by atoms with Crippen LogP contribution in [0.1, 0.15) is 46.2 Å². The van der Waals surface area contributed by atoms with Gasteiger partial charge in [0.25, 0.3) is 0 Å². The van der Waals surface area contributed by atoms with Crippen molar-refractivity contribution < 1.29 is 9.90 Å². The van der Waals surface area contributed by atoms with Crippen molar-refractivity contribution in [3.63, 3.8) is 0 Å². The first kappa shape index (κ1) is 25.8. The Labute approximate surface area is 243 Å². The molecule has 0 amide bonds. The topological polar surface area (TPSA) is 88.7 Å². The highest BCUT2D eigenvalue weighted by Gasteiger charge is 2.21. The van der Waals surface area contributed by atoms with Crippen molar-refractivity contribution in [1.29, 1.82) is 0 Å². The molecule has 0 saturated heterocycles. The summed E-state index contributed by atoms with van der Waals surface area (Å²) in [5.74, 6) is 0.976. The van der Waals surface area contributed by atoms with Gasteiger partial charge in [0.1, 0.15) is 11.6 Å². The van der Waals surface area contributed by atoms with E-state index in [4.69, 9.17) is 9.97 Å². The first-order valence-electron chi connectivity index (χ1n) is 14.3. The number of rotatable bonds is 7. The molecule has 2 N–H and O–H groups in total. The summed E-state index contributed by atoms with van der Waals surface area (Å²) in [5.41, 5.74) is 10.5. The van der Waals surface area contributed by atoms with Crippen LogP contribution in [0.4, 0.5) is 0 Å². The predicted octanol–water partition coefficient (Wildman–Crippen LogP) is 7.61. The summed E-state index contributed by atoms with van der Waals surface area (Å²) in [6.07, 6.45) is 4.56. The van der Waals surface area contributed by atoms with Gasteiger partial charge in [-0.1, -0.05) is 43.3 Å². The minimum absolute atomic E-state index is 0.271. The van der Waals surface area contributed by atoms with E-state index in [9.17, 15) is 9.90 Å². The first-order chi connectivity index (χ1) is 20.4. The zero-order valence-corrected chi connectivity index (χ0v) is 23.8. The molecule has 0 spiro atoms. The molecule has 7 heteroatoms. The van der Waals surface area contributed by atoms with Crippen molar-refractivity contribution >= 4 is 38.9 Å². The summed E-state index contributed by atoms with van der Waals surface area (Å²) >= 11 is 0. The van der Waals surface area contributed by atoms with Crippen molar-refractivity contribution in [2.75, 3.05) is 0 Å². The lowest BCUT2D eigenvalue weighted by molar-refractivity contribution is 0.0697. The van der Waals surface area contributed by atoms with Crippen molar-refractivity contribution in [2.24, 2.45) is 7.05 Å². The Morgan fingerprint density at radius 3 is 2.55 bits per heavy atom. The van der Waals surface area contributed by atoms with E-state index in [1.54, 1.807) is 12.1 Å². The number of hydrogen-bond acceptors (Lipinski definition) is 3. The normalized spacial score (nSPS) is 11.7. The predicted molar refractivity (Wildman–Crippen MR) is 168 cm³/mol. The van der Waals surface area contributed by atoms with Crippen LogP contribution in [0.15, 0.2) is 85.1 Å². The lowest BCUT2D eigenvalue weighted by Gasteiger charge is -2.15. The van der Waals surface area contributed by atoms with Crippen molar-refractivity contribution in [3.05, 3.63) is 113 Å². The van der Waals surface area contributed by atoms with Gasteiger partial charge >= 0.3 is 5.97 Å². The third-order valence-electron chi connectivity index (χ3n) is 8.30. The molecule has 42 heavy (non-hydrogen) atoms. The van der Waals surface area contributed by atoms with E-state index < -0.39 is 5.97 Å². The fraction of sp³-hybridized carbons (Fsp3) is 0.171. The van der Waals surface area contributed by atoms with Gasteiger partial charge < -0.3 is 19.2 Å². The molecular formula is C35H31N5O2. The number of H-pyrrole nitrogens is 1. The second-order valence-corrected chi connectivity index (χ2v) is 10.9. The number of carbonyl (C=O) groups is 1. The molecular weight excluding hydrogens is 522 g/mol. The molecule has 208 valence electrons. The van der Waals surface area contributed by atoms with Gasteiger partial charge in [0, 0.05) is 30.6 Å². The molecule has 0 aliphatic carbocycles. The molecule has 7 aromatic rings. The highest BCUT2D eigenvalue weighted by molar-refractivity contribution is 5.95. The Morgan fingerprint density at radius 1 is 0.952 bits per heavy atom. The number of benzene rings is 4. The average molecular weight is 554 g/mol. The number of aromatic nitrogens is 5. The summed E-state index contributed by atoms with van der Waals surface area (Å²) in [4.78, 5) is 25.6. The zero-order valence-electron chi connectivity index (χ0n) is 23.8. The molecule has 4 aromatic carbocycles. The highest BCUT2D eigenvalue weighted by atomic mass is 16.4. The Bertz CT molecular complexity index is 2150. The molecule has 3 heterocycles. The minimum Gasteiger partial charge on any atom is -0.478 e. The largest absolute Gasteiger partial charge is 0.478 e. The number of carboxylic acids is 1. The minimum atomic E-state index is -0.943. The third-order valence-corrected chi connectivity index (χ3v) is 8.30. The number of nitrogens with zero attached hydrogens (tertiary/aromatic N) is 4. The van der Waals surface area contributed by atoms with Gasteiger partial charge in [-0.25, -0.2) is 14.8 Å². The second kappa shape index (κ2) is 10.0. The van der Waals surface area contributed by atoms with Gasteiger partial charge in [-0.15, -0.1) is 0 Å². The van der Waals surface area contributed by atoms with Gasteiger partial charge in [0.15, 0.2) is 0 Å². The summed E-state index contributed by atoms with van der Waals surface area (Å²) in [5, 5.41) is 10.9. The standard InChI is InChI=1S/C35H31N5O2/c1-4-10-32-36-28-20-26(34-37-27-13-6-8-15-31(27)39(34)3)25(21(2)33(28)38-32)19-22-11-9-16-29-23(22)17-18-40(29)30-14-7-5-12-24(30)35(41)42/h5-9,11-18,20H,4,10,19H2,1-3H3,(H,36,38)(H,41,42). The zero-order chi connectivity index (χ0) is 29.0. The quantitative estimate of drug-likeness (QED) is 0.213. The van der Waals surface area contributed by atoms with E-state index in [1.165, 1.54) is 5.56 Å². The van der Waals surface area contributed by atoms with Crippen LogP contribution in [0.2, 0.25) is 0 Å². The Hall–Kier alpha value is -5.17. The second-order valence-electron chi connectivity index (χ2n) is 10.9. The monoisotopic (exact) mass is 553 g/mol. The number of nitrogens with one attached hydrogen (secondary N) is 1. The smallest absolute Gasteiger partial charge is 0.337 e. The Morgan fingerprint density at radius 2 is 1.74 bits per heavy atom. The van der Waals surface area contributed by atoms with Crippen molar-refractivity contribution in [3.8, 4) is 17.1 Å². The van der Waals surface area contributed by atoms with Gasteiger partial charge in [-0.3, -0.25) is 0 Å². The molecule has 0 aliphatic heterocycles. The van der Waals surface area contributed by atoms with E-state index in [1.807, 2.05) is 47.2 Å². The Balaban J connectivity index is 1.43. The van der Waals surface area contributed by atoms with E-state index in [0.29, 0.717) is 12.1 Å². The van der Waals surface area contributed by atoms with Crippen LogP contribution in [-0.2, 0) is 19.9 Å². The molecule has 0 aliphatic rings. The fourth-order valence-electron chi connectivity index (χ4n) is 6.22. The number of para-hydroxylation sites is 3. The fourth-order valence-corrected chi connectivity index (χ4v) is 6.22. The lowest BCUT2D eigenvalue weighted by atomic mass is 9.92. The van der Waals surface area contributed by atoms with E-state index in [-0.39, 0.29) is 5.56 Å². The van der Waals surface area contributed by atoms with Crippen LogP contribution in [0, 0.1) is 6.92 Å². The number of aromatic carboxylic acids is 1. The Kier molecular flexibility index (Phi) is 6.16. The van der Waals surface area contributed by atoms with Crippen LogP contribution < -0.4 is 0 Å². The lowest BCUT2D eigenvalue weighted by Crippen LogP contribution is -2.04. The molecule has 7 nitrogen and oxygen atoms in total. The van der Waals surface area contributed by atoms with Crippen molar-refractivity contribution in [2.45, 2.75) is 33.1 Å². The number of aryl methyl sites for hydroxylation is 3. The maximum atomic E-state index is 12.0. The molecule has 0 radical (unpaired) electrons. The molecule has 0 fully saturated rings. The number of aromatic amines is 1. The first-order valence-corrected chi connectivity index (χ1v) is 14.3. The third kappa shape index (κ3) is 4.08. The van der Waals surface area contributed by atoms with Gasteiger partial charge in [-0.05, 0) is 78.9 Å². The average Bonchev–Trinajstić information content (AvgIpc) is 3.70. The van der Waals surface area contributed by atoms with Gasteiger partial charge in [0.2, 0.25) is 0 Å². The van der Waals surface area contributed by atoms with Crippen LogP contribution in [0.25, 0.3) is 50.0 Å². The molecule has 7 rings (SSSR count). The number of imidazole rings is 2. The maximum Gasteiger partial charge on any atom is 0.337 e. The molecule has 0 unspecified atom stereocenters. The van der Waals surface area contributed by atoms with Gasteiger partial charge in [-0.2, -0.15) is 0 Å². The van der Waals surface area contributed by atoms with E-state index in [0.717, 1.165) is 74.2 Å². The van der Waals surface area contributed by atoms with E-state index >= 15 is 0 Å². The highest BCUT2D eigenvalue weighted by Crippen LogP contribution is 2.36. The number of carboxylic acid groups (broad SMARTS) is 1. The summed E-state index contributed by atoms with van der Waals surface area (Å²) in [6.45, 7) is 4.33. The summed E-state index contributed by atoms with van der Waals surface area (Å²) in [6, 6.07) is 25.9. The number of fused-ring (bicyclic) bond motifs is 3. The summed E-state index contributed by atoms with van der Waals surface area (Å²) in [7, 11) is 2.07. The molecule has 0 bridgehead atoms. The molecule has 3 aromatic heterocycles. The van der Waals surface area contributed by atoms with Crippen LogP contribution >= 0.6 is 0 Å². The summed E-state index contributed by atoms with van der Waals surface area (Å²) < 4.78 is 4.14. The number of hydrogen-bond donors (Lipinski definition) is 2. The SMILES string of the molecule is CCCc1nc2c(C)c(Cc3cccc4c3ccn4-c3ccccc3C(=O)O)c(-c3nc4ccccc4n3C)cc2[nH]1. The van der Waals surface area contributed by atoms with E-state index in [2.05, 4.69) is 60.8 Å². The van der Waals surface area contributed by atoms with Crippen LogP contribution in [0.3, 0.4) is 0 Å².